The van der Waals surface area contributed by atoms with Gasteiger partial charge in [-0.25, -0.2) is 13.4 Å². The number of aryl methyl sites for hydroxylation is 1. The molecule has 1 aromatic heterocycles. The van der Waals surface area contributed by atoms with Crippen LogP contribution < -0.4 is 5.32 Å². The zero-order valence-electron chi connectivity index (χ0n) is 19.5. The Balaban J connectivity index is 1.57. The molecule has 1 saturated carbocycles. The van der Waals surface area contributed by atoms with E-state index in [1.165, 1.54) is 17.4 Å². The number of hydrogen-bond donors (Lipinski definition) is 3. The van der Waals surface area contributed by atoms with E-state index in [1.807, 2.05) is 48.7 Å². The third-order valence-electron chi connectivity index (χ3n) is 6.20. The molecular weight excluding hydrogens is 483 g/mol. The van der Waals surface area contributed by atoms with Crippen molar-refractivity contribution < 1.29 is 23.3 Å². The second-order valence-electron chi connectivity index (χ2n) is 9.16. The Morgan fingerprint density at radius 1 is 1.17 bits per heavy atom. The average molecular weight is 512 g/mol. The number of benzene rings is 2. The Labute approximate surface area is 210 Å². The van der Waals surface area contributed by atoms with Crippen LogP contribution in [0.2, 0.25) is 0 Å². The molecule has 184 valence electrons. The van der Waals surface area contributed by atoms with Gasteiger partial charge < -0.3 is 15.4 Å². The third-order valence-corrected chi connectivity index (χ3v) is 8.78. The first-order valence-electron chi connectivity index (χ1n) is 11.7. The van der Waals surface area contributed by atoms with Gasteiger partial charge in [-0.1, -0.05) is 55.3 Å². The van der Waals surface area contributed by atoms with Crippen LogP contribution in [-0.2, 0) is 21.1 Å². The molecule has 1 fully saturated rings. The van der Waals surface area contributed by atoms with Gasteiger partial charge in [0.25, 0.3) is 0 Å². The van der Waals surface area contributed by atoms with E-state index in [0.29, 0.717) is 23.6 Å². The molecule has 1 aliphatic rings. The van der Waals surface area contributed by atoms with Crippen molar-refractivity contribution in [3.05, 3.63) is 70.5 Å². The number of nitrogens with zero attached hydrogens (tertiary/aromatic N) is 1. The van der Waals surface area contributed by atoms with Gasteiger partial charge >= 0.3 is 7.12 Å². The van der Waals surface area contributed by atoms with Crippen LogP contribution in [0.4, 0.5) is 0 Å². The van der Waals surface area contributed by atoms with E-state index in [1.54, 1.807) is 12.1 Å². The molecule has 4 rings (SSSR count). The number of sulfone groups is 1. The maximum absolute atomic E-state index is 13.4. The molecule has 10 heteroatoms. The van der Waals surface area contributed by atoms with Gasteiger partial charge in [0.05, 0.1) is 33.2 Å². The Hall–Kier alpha value is -2.53. The summed E-state index contributed by atoms with van der Waals surface area (Å²) in [4.78, 5) is 17.8. The molecule has 1 aliphatic carbocycles. The maximum Gasteiger partial charge on any atom is 0.475 e. The van der Waals surface area contributed by atoms with Crippen LogP contribution in [-0.4, -0.2) is 48.2 Å². The highest BCUT2D eigenvalue weighted by molar-refractivity contribution is 7.91. The van der Waals surface area contributed by atoms with Crippen LogP contribution in [0.5, 0.6) is 0 Å². The Morgan fingerprint density at radius 2 is 1.91 bits per heavy atom. The fourth-order valence-corrected chi connectivity index (χ4v) is 6.31. The highest BCUT2D eigenvalue weighted by atomic mass is 32.2. The molecule has 2 atom stereocenters. The topological polar surface area (TPSA) is 117 Å². The van der Waals surface area contributed by atoms with Crippen LogP contribution in [0, 0.1) is 18.8 Å². The summed E-state index contributed by atoms with van der Waals surface area (Å²) >= 11 is 1.49. The van der Waals surface area contributed by atoms with Crippen molar-refractivity contribution in [2.75, 3.05) is 5.75 Å². The number of nitrogens with one attached hydrogen (secondary N) is 1. The number of rotatable bonds is 11. The zero-order chi connectivity index (χ0) is 25.0. The Morgan fingerprint density at radius 3 is 2.54 bits per heavy atom. The number of hydrogen-bond acceptors (Lipinski definition) is 7. The Kier molecular flexibility index (Phi) is 8.06. The molecule has 3 N–H and O–H groups in total. The van der Waals surface area contributed by atoms with Crippen molar-refractivity contribution in [3.8, 4) is 11.3 Å². The molecule has 0 saturated heterocycles. The fourth-order valence-electron chi connectivity index (χ4n) is 4.10. The number of aromatic nitrogens is 1. The second kappa shape index (κ2) is 11.0. The molecule has 2 aromatic carbocycles. The molecule has 1 unspecified atom stereocenters. The summed E-state index contributed by atoms with van der Waals surface area (Å²) in [7, 11) is -5.53. The van der Waals surface area contributed by atoms with Gasteiger partial charge in [0.2, 0.25) is 5.91 Å². The largest absolute Gasteiger partial charge is 0.475 e. The Bertz CT molecular complexity index is 1260. The van der Waals surface area contributed by atoms with Crippen molar-refractivity contribution in [2.24, 2.45) is 11.8 Å². The van der Waals surface area contributed by atoms with E-state index in [4.69, 9.17) is 0 Å². The van der Waals surface area contributed by atoms with Gasteiger partial charge in [-0.15, -0.1) is 11.3 Å². The predicted octanol–water partition coefficient (Wildman–Crippen LogP) is 3.05. The lowest BCUT2D eigenvalue weighted by Gasteiger charge is -2.22. The molecular formula is C25H29BN2O5S2. The summed E-state index contributed by atoms with van der Waals surface area (Å²) in [5.74, 6) is -2.26. The van der Waals surface area contributed by atoms with Crippen molar-refractivity contribution in [3.63, 3.8) is 0 Å². The maximum atomic E-state index is 13.4. The molecule has 0 bridgehead atoms. The lowest BCUT2D eigenvalue weighted by molar-refractivity contribution is -0.124. The minimum absolute atomic E-state index is 0.128. The molecule has 0 radical (unpaired) electrons. The lowest BCUT2D eigenvalue weighted by atomic mass is 9.76. The van der Waals surface area contributed by atoms with Gasteiger partial charge in [-0.05, 0) is 43.4 Å². The third kappa shape index (κ3) is 7.01. The van der Waals surface area contributed by atoms with Crippen molar-refractivity contribution >= 4 is 34.2 Å². The van der Waals surface area contributed by atoms with E-state index in [-0.39, 0.29) is 11.3 Å². The smallest absolute Gasteiger partial charge is 0.426 e. The predicted molar refractivity (Wildman–Crippen MR) is 137 cm³/mol. The molecule has 0 aliphatic heterocycles. The lowest BCUT2D eigenvalue weighted by Crippen LogP contribution is -2.50. The van der Waals surface area contributed by atoms with Crippen molar-refractivity contribution in [2.45, 2.75) is 43.4 Å². The first kappa shape index (κ1) is 25.6. The van der Waals surface area contributed by atoms with Gasteiger partial charge in [0.1, 0.15) is 0 Å². The zero-order valence-corrected chi connectivity index (χ0v) is 21.1. The van der Waals surface area contributed by atoms with E-state index in [2.05, 4.69) is 10.3 Å². The van der Waals surface area contributed by atoms with Crippen LogP contribution in [0.15, 0.2) is 64.9 Å². The average Bonchev–Trinajstić information content (AvgIpc) is 3.55. The van der Waals surface area contributed by atoms with Crippen molar-refractivity contribution in [1.29, 1.82) is 0 Å². The molecule has 1 heterocycles. The van der Waals surface area contributed by atoms with Gasteiger partial charge in [0.15, 0.2) is 9.84 Å². The number of thiazole rings is 1. The van der Waals surface area contributed by atoms with Crippen LogP contribution in [0.1, 0.15) is 29.8 Å². The summed E-state index contributed by atoms with van der Waals surface area (Å²) in [6.45, 7) is 1.89. The highest BCUT2D eigenvalue weighted by Crippen LogP contribution is 2.34. The minimum atomic E-state index is -3.83. The molecule has 3 aromatic rings. The van der Waals surface area contributed by atoms with Crippen molar-refractivity contribution in [1.82, 2.24) is 10.3 Å². The number of carbonyl (C=O) groups is 1. The first-order valence-corrected chi connectivity index (χ1v) is 14.2. The quantitative estimate of drug-likeness (QED) is 0.340. The molecule has 1 amide bonds. The van der Waals surface area contributed by atoms with Crippen LogP contribution in [0.25, 0.3) is 11.3 Å². The van der Waals surface area contributed by atoms with Crippen LogP contribution >= 0.6 is 11.3 Å². The SMILES string of the molecule is Cc1nc(-c2cccc(S(=O)(=O)CC(Cc3ccccc3)C(=O)N[C@@H](CC3CC3)B(O)O)c2)cs1. The van der Waals surface area contributed by atoms with E-state index < -0.39 is 40.5 Å². The minimum Gasteiger partial charge on any atom is -0.426 e. The normalized spacial score (nSPS) is 15.4. The van der Waals surface area contributed by atoms with Crippen LogP contribution in [0.3, 0.4) is 0 Å². The molecule has 7 nitrogen and oxygen atoms in total. The summed E-state index contributed by atoms with van der Waals surface area (Å²) in [6, 6.07) is 15.8. The summed E-state index contributed by atoms with van der Waals surface area (Å²) in [5.41, 5.74) is 2.24. The standard InChI is InChI=1S/C25H29BN2O5S2/c1-17-27-23(15-34-17)20-8-5-9-22(14-20)35(32,33)16-21(12-18-6-3-2-4-7-18)25(29)28-24(26(30)31)13-19-10-11-19/h2-9,14-15,19,21,24,30-31H,10-13,16H2,1H3,(H,28,29)/t21?,24-/m0/s1. The summed E-state index contributed by atoms with van der Waals surface area (Å²) in [6.07, 6.45) is 2.67. The van der Waals surface area contributed by atoms with E-state index in [9.17, 15) is 23.3 Å². The molecule has 35 heavy (non-hydrogen) atoms. The number of amides is 1. The molecule has 0 spiro atoms. The van der Waals surface area contributed by atoms with Gasteiger partial charge in [-0.3, -0.25) is 4.79 Å². The second-order valence-corrected chi connectivity index (χ2v) is 12.3. The van der Waals surface area contributed by atoms with Gasteiger partial charge in [-0.2, -0.15) is 0 Å². The highest BCUT2D eigenvalue weighted by Gasteiger charge is 2.35. The van der Waals surface area contributed by atoms with E-state index >= 15 is 0 Å². The summed E-state index contributed by atoms with van der Waals surface area (Å²) < 4.78 is 26.9. The number of carbonyl (C=O) groups excluding carboxylic acids is 1. The first-order chi connectivity index (χ1) is 16.7. The van der Waals surface area contributed by atoms with Gasteiger partial charge in [0, 0.05) is 10.9 Å². The monoisotopic (exact) mass is 512 g/mol. The van der Waals surface area contributed by atoms with E-state index in [0.717, 1.165) is 23.4 Å². The summed E-state index contributed by atoms with van der Waals surface area (Å²) in [5, 5.41) is 25.0. The fraction of sp³-hybridized carbons (Fsp3) is 0.360.